The summed E-state index contributed by atoms with van der Waals surface area (Å²) >= 11 is 5.93. The van der Waals surface area contributed by atoms with Crippen LogP contribution in [0.2, 0.25) is 5.02 Å². The smallest absolute Gasteiger partial charge is 0.326 e. The first kappa shape index (κ1) is 26.6. The maximum Gasteiger partial charge on any atom is 0.326 e. The van der Waals surface area contributed by atoms with E-state index in [4.69, 9.17) is 16.3 Å². The quantitative estimate of drug-likeness (QED) is 0.235. The van der Waals surface area contributed by atoms with Crippen LogP contribution in [0.15, 0.2) is 97.2 Å². The molecular weight excluding hydrogens is 528 g/mol. The molecule has 8 nitrogen and oxygen atoms in total. The van der Waals surface area contributed by atoms with E-state index in [1.54, 1.807) is 48.5 Å². The van der Waals surface area contributed by atoms with Crippen LogP contribution in [0.4, 0.5) is 0 Å². The Hall–Kier alpha value is -4.95. The van der Waals surface area contributed by atoms with E-state index in [9.17, 15) is 14.7 Å². The van der Waals surface area contributed by atoms with E-state index in [2.05, 4.69) is 15.4 Å². The van der Waals surface area contributed by atoms with Gasteiger partial charge in [-0.25, -0.2) is 14.3 Å². The lowest BCUT2D eigenvalue weighted by atomic mass is 10.1. The number of carboxylic acids is 1. The number of benzene rings is 3. The molecule has 0 saturated heterocycles. The van der Waals surface area contributed by atoms with Gasteiger partial charge in [0, 0.05) is 11.4 Å². The van der Waals surface area contributed by atoms with Gasteiger partial charge in [0.25, 0.3) is 5.91 Å². The Morgan fingerprint density at radius 2 is 1.68 bits per heavy atom. The first-order valence-electron chi connectivity index (χ1n) is 12.5. The van der Waals surface area contributed by atoms with Gasteiger partial charge in [-0.15, -0.1) is 0 Å². The minimum Gasteiger partial charge on any atom is -0.489 e. The second-order valence-corrected chi connectivity index (χ2v) is 9.50. The summed E-state index contributed by atoms with van der Waals surface area (Å²) in [6.45, 7) is 0.433. The highest BCUT2D eigenvalue weighted by Gasteiger charge is 2.23. The lowest BCUT2D eigenvalue weighted by Crippen LogP contribution is -2.42. The van der Waals surface area contributed by atoms with Crippen molar-refractivity contribution in [2.24, 2.45) is 0 Å². The summed E-state index contributed by atoms with van der Waals surface area (Å²) in [4.78, 5) is 29.1. The number of aromatic nitrogens is 3. The summed E-state index contributed by atoms with van der Waals surface area (Å²) < 4.78 is 7.28. The predicted octanol–water partition coefficient (Wildman–Crippen LogP) is 5.56. The Morgan fingerprint density at radius 1 is 0.925 bits per heavy atom. The fourth-order valence-electron chi connectivity index (χ4n) is 3.98. The molecule has 0 fully saturated rings. The molecule has 0 bridgehead atoms. The number of hydrogen-bond donors (Lipinski definition) is 2. The Balaban J connectivity index is 1.21. The van der Waals surface area contributed by atoms with Gasteiger partial charge in [0.15, 0.2) is 5.65 Å². The third-order valence-electron chi connectivity index (χ3n) is 6.10. The molecule has 2 aromatic heterocycles. The number of hydrogen-bond acceptors (Lipinski definition) is 5. The van der Waals surface area contributed by atoms with Crippen molar-refractivity contribution in [1.29, 1.82) is 0 Å². The lowest BCUT2D eigenvalue weighted by molar-refractivity contribution is -0.139. The average Bonchev–Trinajstić information content (AvgIpc) is 3.40. The van der Waals surface area contributed by atoms with Crippen molar-refractivity contribution < 1.29 is 19.4 Å². The number of fused-ring (bicyclic) bond motifs is 1. The fraction of sp³-hybridized carbons (Fsp3) is 0.0968. The van der Waals surface area contributed by atoms with E-state index in [0.29, 0.717) is 28.7 Å². The van der Waals surface area contributed by atoms with Crippen molar-refractivity contribution in [1.82, 2.24) is 19.9 Å². The van der Waals surface area contributed by atoms with Crippen LogP contribution in [0, 0.1) is 0 Å². The number of ether oxygens (including phenoxy) is 1. The Labute approximate surface area is 235 Å². The van der Waals surface area contributed by atoms with Crippen LogP contribution in [-0.4, -0.2) is 37.6 Å². The fourth-order valence-corrected chi connectivity index (χ4v) is 4.11. The van der Waals surface area contributed by atoms with E-state index in [1.807, 2.05) is 54.6 Å². The molecule has 0 aliphatic carbocycles. The summed E-state index contributed by atoms with van der Waals surface area (Å²) in [5.74, 6) is -1.07. The molecule has 0 spiro atoms. The van der Waals surface area contributed by atoms with Gasteiger partial charge in [-0.05, 0) is 59.2 Å². The van der Waals surface area contributed by atoms with Gasteiger partial charge in [-0.2, -0.15) is 5.10 Å². The Kier molecular flexibility index (Phi) is 8.18. The third-order valence-corrected chi connectivity index (χ3v) is 6.36. The average molecular weight is 553 g/mol. The summed E-state index contributed by atoms with van der Waals surface area (Å²) in [5.41, 5.74) is 3.95. The van der Waals surface area contributed by atoms with Gasteiger partial charge in [0.05, 0.1) is 11.9 Å². The molecule has 0 radical (unpaired) electrons. The predicted molar refractivity (Wildman–Crippen MR) is 153 cm³/mol. The largest absolute Gasteiger partial charge is 0.489 e. The molecular formula is C31H25ClN4O4. The molecule has 2 N–H and O–H groups in total. The van der Waals surface area contributed by atoms with Crippen LogP contribution in [-0.2, 0) is 17.8 Å². The van der Waals surface area contributed by atoms with Crippen LogP contribution in [0.25, 0.3) is 17.8 Å². The number of carbonyl (C=O) groups excluding carboxylic acids is 1. The molecule has 5 rings (SSSR count). The van der Waals surface area contributed by atoms with Crippen molar-refractivity contribution in [3.05, 3.63) is 130 Å². The number of carbonyl (C=O) groups is 2. The number of aliphatic carboxylic acids is 1. The number of imidazole rings is 1. The molecule has 3 aromatic carbocycles. The van der Waals surface area contributed by atoms with Crippen LogP contribution in [0.1, 0.15) is 32.9 Å². The van der Waals surface area contributed by atoms with Gasteiger partial charge >= 0.3 is 5.97 Å². The second-order valence-electron chi connectivity index (χ2n) is 9.06. The monoisotopic (exact) mass is 552 g/mol. The van der Waals surface area contributed by atoms with Crippen LogP contribution in [0.5, 0.6) is 5.75 Å². The Bertz CT molecular complexity index is 1650. The minimum absolute atomic E-state index is 0.0715. The van der Waals surface area contributed by atoms with Crippen molar-refractivity contribution in [3.8, 4) is 5.75 Å². The number of amides is 1. The van der Waals surface area contributed by atoms with Crippen molar-refractivity contribution in [2.45, 2.75) is 19.1 Å². The number of rotatable bonds is 10. The maximum absolute atomic E-state index is 12.9. The minimum atomic E-state index is -1.14. The summed E-state index contributed by atoms with van der Waals surface area (Å²) in [7, 11) is 0. The third kappa shape index (κ3) is 6.92. The number of nitrogens with zero attached hydrogens (tertiary/aromatic N) is 3. The molecule has 2 heterocycles. The van der Waals surface area contributed by atoms with Gasteiger partial charge in [0.2, 0.25) is 0 Å². The zero-order valence-corrected chi connectivity index (χ0v) is 22.0. The summed E-state index contributed by atoms with van der Waals surface area (Å²) in [6, 6.07) is 26.7. The first-order valence-corrected chi connectivity index (χ1v) is 12.9. The van der Waals surface area contributed by atoms with Gasteiger partial charge in [-0.3, -0.25) is 4.79 Å². The van der Waals surface area contributed by atoms with Gasteiger partial charge in [-0.1, -0.05) is 72.3 Å². The molecule has 9 heteroatoms. The topological polar surface area (TPSA) is 106 Å². The lowest BCUT2D eigenvalue weighted by Gasteiger charge is -2.14. The highest BCUT2D eigenvalue weighted by Crippen LogP contribution is 2.16. The van der Waals surface area contributed by atoms with Crippen molar-refractivity contribution >= 4 is 41.3 Å². The highest BCUT2D eigenvalue weighted by atomic mass is 35.5. The maximum atomic E-state index is 12.9. The number of carboxylic acid groups (broad SMARTS) is 1. The molecule has 5 aromatic rings. The van der Waals surface area contributed by atoms with Crippen molar-refractivity contribution in [2.75, 3.05) is 0 Å². The number of nitrogens with one attached hydrogen (secondary N) is 1. The second kappa shape index (κ2) is 12.3. The van der Waals surface area contributed by atoms with E-state index in [0.717, 1.165) is 16.7 Å². The van der Waals surface area contributed by atoms with Gasteiger partial charge < -0.3 is 15.2 Å². The molecule has 1 atom stereocenters. The standard InChI is InChI=1S/C31H25ClN4O4/c32-24-11-6-21(7-12-24)8-13-25-14-17-29-33-28(19-36(29)35-25)30(37)34-27(31(38)39)18-22-9-15-26(16-10-22)40-20-23-4-2-1-3-5-23/h1-17,19,27H,18,20H2,(H,34,37)(H,38,39)/t27-/m0/s1. The molecule has 1 amide bonds. The Morgan fingerprint density at radius 3 is 2.40 bits per heavy atom. The first-order chi connectivity index (χ1) is 19.4. The molecule has 40 heavy (non-hydrogen) atoms. The van der Waals surface area contributed by atoms with E-state index in [1.165, 1.54) is 10.7 Å². The zero-order chi connectivity index (χ0) is 27.9. The summed E-state index contributed by atoms with van der Waals surface area (Å²) in [5, 5.41) is 17.4. The van der Waals surface area contributed by atoms with E-state index in [-0.39, 0.29) is 12.1 Å². The molecule has 0 unspecified atom stereocenters. The SMILES string of the molecule is O=C(N[C@@H](Cc1ccc(OCc2ccccc2)cc1)C(=O)O)c1cn2nc(C=Cc3ccc(Cl)cc3)ccc2n1. The molecule has 200 valence electrons. The van der Waals surface area contributed by atoms with Crippen LogP contribution >= 0.6 is 11.6 Å². The van der Waals surface area contributed by atoms with Crippen LogP contribution < -0.4 is 10.1 Å². The van der Waals surface area contributed by atoms with E-state index >= 15 is 0 Å². The van der Waals surface area contributed by atoms with E-state index < -0.39 is 17.9 Å². The molecule has 0 aliphatic rings. The highest BCUT2D eigenvalue weighted by molar-refractivity contribution is 6.30. The molecule has 0 saturated carbocycles. The normalized spacial score (nSPS) is 11.9. The van der Waals surface area contributed by atoms with Crippen molar-refractivity contribution in [3.63, 3.8) is 0 Å². The van der Waals surface area contributed by atoms with Gasteiger partial charge in [0.1, 0.15) is 24.1 Å². The number of halogens is 1. The molecule has 0 aliphatic heterocycles. The zero-order valence-electron chi connectivity index (χ0n) is 21.3. The summed E-state index contributed by atoms with van der Waals surface area (Å²) in [6.07, 6.45) is 5.31. The van der Waals surface area contributed by atoms with Crippen LogP contribution in [0.3, 0.4) is 0 Å².